The Balaban J connectivity index is 2.99. The number of hydrogen-bond donors (Lipinski definition) is 1. The fourth-order valence-electron chi connectivity index (χ4n) is 1.41. The molecule has 0 radical (unpaired) electrons. The lowest BCUT2D eigenvalue weighted by atomic mass is 10.4. The third-order valence-electron chi connectivity index (χ3n) is 2.07. The Morgan fingerprint density at radius 2 is 2.13 bits per heavy atom. The lowest BCUT2D eigenvalue weighted by Gasteiger charge is -2.07. The molecule has 0 atom stereocenters. The highest BCUT2D eigenvalue weighted by Crippen LogP contribution is 2.03. The van der Waals surface area contributed by atoms with E-state index in [0.29, 0.717) is 3.70 Å². The Labute approximate surface area is 98.1 Å². The Hall–Kier alpha value is -1.12. The third-order valence-corrected chi connectivity index (χ3v) is 2.83. The molecule has 0 aliphatic rings. The molecule has 2 aromatic rings. The van der Waals surface area contributed by atoms with Gasteiger partial charge in [-0.1, -0.05) is 0 Å². The Morgan fingerprint density at radius 3 is 2.73 bits per heavy atom. The van der Waals surface area contributed by atoms with Crippen molar-refractivity contribution in [3.8, 4) is 0 Å². The molecule has 2 heterocycles. The van der Waals surface area contributed by atoms with Gasteiger partial charge < -0.3 is 0 Å². The van der Waals surface area contributed by atoms with E-state index in [1.807, 2.05) is 22.6 Å². The van der Waals surface area contributed by atoms with Crippen LogP contribution < -0.4 is 11.2 Å². The van der Waals surface area contributed by atoms with Crippen LogP contribution in [0.25, 0.3) is 5.65 Å². The molecule has 0 saturated carbocycles. The van der Waals surface area contributed by atoms with Crippen LogP contribution in [0.1, 0.15) is 19.9 Å². The van der Waals surface area contributed by atoms with Crippen LogP contribution in [0.15, 0.2) is 15.8 Å². The van der Waals surface area contributed by atoms with Gasteiger partial charge >= 0.3 is 5.69 Å². The van der Waals surface area contributed by atoms with Crippen LogP contribution in [0.4, 0.5) is 0 Å². The number of fused-ring (bicyclic) bond motifs is 1. The molecule has 15 heavy (non-hydrogen) atoms. The van der Waals surface area contributed by atoms with Crippen LogP contribution >= 0.6 is 22.6 Å². The zero-order chi connectivity index (χ0) is 11.2. The molecule has 0 saturated heterocycles. The SMILES string of the molecule is CC(C)n1c(=O)[nH]n2c(I)cnc2c1=O. The second-order valence-electron chi connectivity index (χ2n) is 3.43. The quantitative estimate of drug-likeness (QED) is 0.772. The molecule has 0 fully saturated rings. The first-order valence-electron chi connectivity index (χ1n) is 4.40. The highest BCUT2D eigenvalue weighted by Gasteiger charge is 2.12. The average Bonchev–Trinajstić information content (AvgIpc) is 2.47. The van der Waals surface area contributed by atoms with Crippen LogP contribution in [0, 0.1) is 3.70 Å². The smallest absolute Gasteiger partial charge is 0.265 e. The van der Waals surface area contributed by atoms with E-state index in [1.165, 1.54) is 10.7 Å². The van der Waals surface area contributed by atoms with Crippen molar-refractivity contribution in [3.05, 3.63) is 30.7 Å². The van der Waals surface area contributed by atoms with Crippen molar-refractivity contribution < 1.29 is 0 Å². The highest BCUT2D eigenvalue weighted by molar-refractivity contribution is 14.1. The van der Waals surface area contributed by atoms with Crippen molar-refractivity contribution in [2.24, 2.45) is 0 Å². The van der Waals surface area contributed by atoms with Gasteiger partial charge in [0.1, 0.15) is 3.70 Å². The highest BCUT2D eigenvalue weighted by atomic mass is 127. The van der Waals surface area contributed by atoms with E-state index in [0.717, 1.165) is 4.57 Å². The van der Waals surface area contributed by atoms with Gasteiger partial charge in [-0.15, -0.1) is 0 Å². The summed E-state index contributed by atoms with van der Waals surface area (Å²) in [6, 6.07) is -0.180. The number of rotatable bonds is 1. The van der Waals surface area contributed by atoms with E-state index in [-0.39, 0.29) is 17.2 Å². The number of halogens is 1. The van der Waals surface area contributed by atoms with Gasteiger partial charge in [0.15, 0.2) is 0 Å². The van der Waals surface area contributed by atoms with Crippen molar-refractivity contribution >= 4 is 28.2 Å². The molecular formula is C8H9IN4O2. The number of nitrogens with one attached hydrogen (secondary N) is 1. The third kappa shape index (κ3) is 1.50. The molecule has 80 valence electrons. The van der Waals surface area contributed by atoms with Crippen LogP contribution in [0.5, 0.6) is 0 Å². The maximum absolute atomic E-state index is 11.9. The minimum atomic E-state index is -0.418. The summed E-state index contributed by atoms with van der Waals surface area (Å²) in [7, 11) is 0. The van der Waals surface area contributed by atoms with Gasteiger partial charge in [0.25, 0.3) is 5.56 Å². The largest absolute Gasteiger partial charge is 0.343 e. The second kappa shape index (κ2) is 3.47. The predicted molar refractivity (Wildman–Crippen MR) is 63.2 cm³/mol. The zero-order valence-electron chi connectivity index (χ0n) is 8.19. The summed E-state index contributed by atoms with van der Waals surface area (Å²) < 4.78 is 3.25. The van der Waals surface area contributed by atoms with Crippen LogP contribution in [-0.4, -0.2) is 19.2 Å². The molecule has 0 aliphatic carbocycles. The van der Waals surface area contributed by atoms with E-state index in [1.54, 1.807) is 13.8 Å². The summed E-state index contributed by atoms with van der Waals surface area (Å²) in [5.41, 5.74) is -0.539. The second-order valence-corrected chi connectivity index (χ2v) is 4.53. The predicted octanol–water partition coefficient (Wildman–Crippen LogP) is 0.370. The van der Waals surface area contributed by atoms with Crippen molar-refractivity contribution in [1.82, 2.24) is 19.2 Å². The fourth-order valence-corrected chi connectivity index (χ4v) is 1.90. The average molecular weight is 320 g/mol. The van der Waals surface area contributed by atoms with E-state index >= 15 is 0 Å². The van der Waals surface area contributed by atoms with Gasteiger partial charge in [-0.3, -0.25) is 9.36 Å². The van der Waals surface area contributed by atoms with E-state index in [9.17, 15) is 9.59 Å². The number of nitrogens with zero attached hydrogens (tertiary/aromatic N) is 3. The molecule has 0 spiro atoms. The number of hydrogen-bond acceptors (Lipinski definition) is 3. The van der Waals surface area contributed by atoms with E-state index in [4.69, 9.17) is 0 Å². The maximum atomic E-state index is 11.9. The molecule has 1 N–H and O–H groups in total. The topological polar surface area (TPSA) is 72.2 Å². The summed E-state index contributed by atoms with van der Waals surface area (Å²) in [5.74, 6) is 0. The Kier molecular flexibility index (Phi) is 2.41. The lowest BCUT2D eigenvalue weighted by molar-refractivity contribution is 0.532. The zero-order valence-corrected chi connectivity index (χ0v) is 10.3. The minimum Gasteiger partial charge on any atom is -0.265 e. The first-order valence-corrected chi connectivity index (χ1v) is 5.48. The monoisotopic (exact) mass is 320 g/mol. The molecule has 0 aromatic carbocycles. The van der Waals surface area contributed by atoms with E-state index < -0.39 is 5.69 Å². The summed E-state index contributed by atoms with van der Waals surface area (Å²) in [6.07, 6.45) is 1.54. The standard InChI is InChI=1S/C8H9IN4O2/c1-4(2)12-7(14)6-10-3-5(9)13(6)11-8(12)15/h3-4H,1-2H3,(H,11,15). The molecule has 0 aliphatic heterocycles. The molecular weight excluding hydrogens is 311 g/mol. The number of H-pyrrole nitrogens is 1. The Bertz CT molecular complexity index is 622. The van der Waals surface area contributed by atoms with Crippen LogP contribution in [-0.2, 0) is 0 Å². The first-order chi connectivity index (χ1) is 7.02. The summed E-state index contributed by atoms with van der Waals surface area (Å²) in [5, 5.41) is 2.58. The normalized spacial score (nSPS) is 11.5. The van der Waals surface area contributed by atoms with Gasteiger partial charge in [-0.2, -0.15) is 0 Å². The summed E-state index contributed by atoms with van der Waals surface area (Å²) >= 11 is 2.00. The molecule has 0 bridgehead atoms. The van der Waals surface area contributed by atoms with E-state index in [2.05, 4.69) is 10.1 Å². The lowest BCUT2D eigenvalue weighted by Crippen LogP contribution is -2.38. The first kappa shape index (κ1) is 10.4. The summed E-state index contributed by atoms with van der Waals surface area (Å²) in [4.78, 5) is 27.4. The maximum Gasteiger partial charge on any atom is 0.343 e. The fraction of sp³-hybridized carbons (Fsp3) is 0.375. The van der Waals surface area contributed by atoms with Crippen LogP contribution in [0.3, 0.4) is 0 Å². The van der Waals surface area contributed by atoms with Crippen molar-refractivity contribution in [2.75, 3.05) is 0 Å². The van der Waals surface area contributed by atoms with Crippen molar-refractivity contribution in [3.63, 3.8) is 0 Å². The summed E-state index contributed by atoms with van der Waals surface area (Å²) in [6.45, 7) is 3.56. The number of aromatic amines is 1. The molecule has 2 aromatic heterocycles. The van der Waals surface area contributed by atoms with Crippen molar-refractivity contribution in [1.29, 1.82) is 0 Å². The number of imidazole rings is 1. The van der Waals surface area contributed by atoms with Gasteiger partial charge in [0, 0.05) is 6.04 Å². The van der Waals surface area contributed by atoms with Gasteiger partial charge in [-0.05, 0) is 36.4 Å². The molecule has 7 heteroatoms. The number of aromatic nitrogens is 4. The van der Waals surface area contributed by atoms with Crippen LogP contribution in [0.2, 0.25) is 0 Å². The van der Waals surface area contributed by atoms with Gasteiger partial charge in [-0.25, -0.2) is 19.4 Å². The van der Waals surface area contributed by atoms with Gasteiger partial charge in [0.05, 0.1) is 6.20 Å². The minimum absolute atomic E-state index is 0.180. The molecule has 0 amide bonds. The molecule has 6 nitrogen and oxygen atoms in total. The Morgan fingerprint density at radius 1 is 1.47 bits per heavy atom. The van der Waals surface area contributed by atoms with Gasteiger partial charge in [0.2, 0.25) is 5.65 Å². The molecule has 2 rings (SSSR count). The molecule has 0 unspecified atom stereocenters. The van der Waals surface area contributed by atoms with Crippen molar-refractivity contribution in [2.45, 2.75) is 19.9 Å².